The number of aromatic nitrogens is 2. The van der Waals surface area contributed by atoms with Crippen molar-refractivity contribution >= 4 is 17.5 Å². The molecule has 1 aromatic heterocycles. The molecule has 3 N–H and O–H groups in total. The molecule has 3 heterocycles. The number of aromatic amines is 1. The molecular formula is C19H23N5O2. The van der Waals surface area contributed by atoms with Gasteiger partial charge in [0.2, 0.25) is 5.91 Å². The van der Waals surface area contributed by atoms with Gasteiger partial charge in [0.25, 0.3) is 5.91 Å². The summed E-state index contributed by atoms with van der Waals surface area (Å²) in [4.78, 5) is 26.0. The highest BCUT2D eigenvalue weighted by Crippen LogP contribution is 2.22. The van der Waals surface area contributed by atoms with E-state index >= 15 is 0 Å². The maximum Gasteiger partial charge on any atom is 0.276 e. The Balaban J connectivity index is 1.36. The molecule has 2 aromatic rings. The lowest BCUT2D eigenvalue weighted by Crippen LogP contribution is -2.23. The Morgan fingerprint density at radius 1 is 1.27 bits per heavy atom. The second kappa shape index (κ2) is 7.29. The van der Waals surface area contributed by atoms with Crippen LogP contribution in [0.5, 0.6) is 0 Å². The van der Waals surface area contributed by atoms with Gasteiger partial charge >= 0.3 is 0 Å². The largest absolute Gasteiger partial charge is 0.338 e. The molecule has 2 fully saturated rings. The van der Waals surface area contributed by atoms with E-state index in [0.29, 0.717) is 18.7 Å². The number of amides is 2. The molecule has 2 aliphatic heterocycles. The molecule has 0 bridgehead atoms. The summed E-state index contributed by atoms with van der Waals surface area (Å²) in [6.45, 7) is 2.46. The Bertz CT molecular complexity index is 793. The highest BCUT2D eigenvalue weighted by atomic mass is 16.2. The van der Waals surface area contributed by atoms with Crippen LogP contribution in [0.2, 0.25) is 0 Å². The number of likely N-dealkylation sites (tertiary alicyclic amines) is 1. The van der Waals surface area contributed by atoms with E-state index in [0.717, 1.165) is 49.3 Å². The van der Waals surface area contributed by atoms with Crippen LogP contribution < -0.4 is 10.6 Å². The maximum atomic E-state index is 12.4. The van der Waals surface area contributed by atoms with Crippen molar-refractivity contribution in [3.63, 3.8) is 0 Å². The van der Waals surface area contributed by atoms with E-state index in [1.165, 1.54) is 0 Å². The lowest BCUT2D eigenvalue weighted by Gasteiger charge is -2.15. The molecule has 136 valence electrons. The van der Waals surface area contributed by atoms with Crippen molar-refractivity contribution in [1.29, 1.82) is 0 Å². The lowest BCUT2D eigenvalue weighted by molar-refractivity contribution is -0.128. The summed E-state index contributed by atoms with van der Waals surface area (Å²) in [6, 6.07) is 9.68. The summed E-state index contributed by atoms with van der Waals surface area (Å²) in [5, 5.41) is 13.3. The van der Waals surface area contributed by atoms with Gasteiger partial charge in [-0.3, -0.25) is 14.7 Å². The van der Waals surface area contributed by atoms with Crippen molar-refractivity contribution in [2.24, 2.45) is 0 Å². The summed E-state index contributed by atoms with van der Waals surface area (Å²) in [7, 11) is 0. The molecule has 26 heavy (non-hydrogen) atoms. The van der Waals surface area contributed by atoms with Crippen LogP contribution in [0, 0.1) is 0 Å². The number of nitrogens with zero attached hydrogens (tertiary/aromatic N) is 2. The number of carbonyl (C=O) groups is 2. The fourth-order valence-electron chi connectivity index (χ4n) is 3.56. The highest BCUT2D eigenvalue weighted by Gasteiger charge is 2.21. The third-order valence-corrected chi connectivity index (χ3v) is 5.02. The molecule has 0 radical (unpaired) electrons. The zero-order chi connectivity index (χ0) is 17.9. The molecule has 0 saturated carbocycles. The molecule has 2 saturated heterocycles. The SMILES string of the molecule is O=C(Nc1ccc(CN2CCCC2=O)cc1)c1cc(C2CCCN2)[nH]n1. The first-order chi connectivity index (χ1) is 12.7. The van der Waals surface area contributed by atoms with Crippen LogP contribution in [-0.2, 0) is 11.3 Å². The number of carbonyl (C=O) groups excluding carboxylic acids is 2. The molecule has 7 heteroatoms. The minimum absolute atomic E-state index is 0.216. The van der Waals surface area contributed by atoms with Gasteiger partial charge < -0.3 is 15.5 Å². The lowest BCUT2D eigenvalue weighted by atomic mass is 10.1. The predicted octanol–water partition coefficient (Wildman–Crippen LogP) is 2.21. The van der Waals surface area contributed by atoms with Crippen LogP contribution in [0.3, 0.4) is 0 Å². The van der Waals surface area contributed by atoms with Crippen LogP contribution in [0.1, 0.15) is 53.5 Å². The van der Waals surface area contributed by atoms with Gasteiger partial charge in [0, 0.05) is 31.2 Å². The van der Waals surface area contributed by atoms with Gasteiger partial charge in [0.1, 0.15) is 0 Å². The molecule has 4 rings (SSSR count). The van der Waals surface area contributed by atoms with E-state index in [1.807, 2.05) is 35.2 Å². The first-order valence-electron chi connectivity index (χ1n) is 9.16. The summed E-state index contributed by atoms with van der Waals surface area (Å²) in [6.07, 6.45) is 3.79. The minimum Gasteiger partial charge on any atom is -0.338 e. The Kier molecular flexibility index (Phi) is 4.71. The first-order valence-corrected chi connectivity index (χ1v) is 9.16. The molecule has 2 aliphatic rings. The topological polar surface area (TPSA) is 90.1 Å². The number of rotatable bonds is 5. The number of hydrogen-bond acceptors (Lipinski definition) is 4. The summed E-state index contributed by atoms with van der Waals surface area (Å²) in [5.74, 6) is -0.0126. The third kappa shape index (κ3) is 3.62. The van der Waals surface area contributed by atoms with Crippen LogP contribution >= 0.6 is 0 Å². The summed E-state index contributed by atoms with van der Waals surface area (Å²) < 4.78 is 0. The Hall–Kier alpha value is -2.67. The van der Waals surface area contributed by atoms with E-state index in [4.69, 9.17) is 0 Å². The van der Waals surface area contributed by atoms with Crippen LogP contribution in [0.15, 0.2) is 30.3 Å². The average molecular weight is 353 g/mol. The maximum absolute atomic E-state index is 12.4. The Labute approximate surface area is 152 Å². The monoisotopic (exact) mass is 353 g/mol. The Morgan fingerprint density at radius 2 is 2.12 bits per heavy atom. The summed E-state index contributed by atoms with van der Waals surface area (Å²) in [5.41, 5.74) is 3.13. The van der Waals surface area contributed by atoms with Gasteiger partial charge in [-0.05, 0) is 49.6 Å². The number of benzene rings is 1. The third-order valence-electron chi connectivity index (χ3n) is 5.02. The van der Waals surface area contributed by atoms with Crippen molar-refractivity contribution in [3.05, 3.63) is 47.3 Å². The smallest absolute Gasteiger partial charge is 0.276 e. The molecule has 1 atom stereocenters. The molecule has 1 unspecified atom stereocenters. The number of H-pyrrole nitrogens is 1. The van der Waals surface area contributed by atoms with Crippen molar-refractivity contribution < 1.29 is 9.59 Å². The van der Waals surface area contributed by atoms with Crippen LogP contribution in [0.4, 0.5) is 5.69 Å². The van der Waals surface area contributed by atoms with Crippen LogP contribution in [-0.4, -0.2) is 40.0 Å². The molecule has 7 nitrogen and oxygen atoms in total. The minimum atomic E-state index is -0.229. The van der Waals surface area contributed by atoms with Crippen molar-refractivity contribution in [2.75, 3.05) is 18.4 Å². The summed E-state index contributed by atoms with van der Waals surface area (Å²) >= 11 is 0. The van der Waals surface area contributed by atoms with Crippen molar-refractivity contribution in [3.8, 4) is 0 Å². The zero-order valence-electron chi connectivity index (χ0n) is 14.6. The van der Waals surface area contributed by atoms with E-state index in [2.05, 4.69) is 20.8 Å². The predicted molar refractivity (Wildman–Crippen MR) is 97.6 cm³/mol. The standard InChI is InChI=1S/C19H23N5O2/c25-18-4-2-10-24(18)12-13-5-7-14(8-6-13)21-19(26)17-11-16(22-23-17)15-3-1-9-20-15/h5-8,11,15,20H,1-4,9-10,12H2,(H,21,26)(H,22,23). The normalized spacial score (nSPS) is 19.9. The first kappa shape index (κ1) is 16.8. The fraction of sp³-hybridized carbons (Fsp3) is 0.421. The Morgan fingerprint density at radius 3 is 2.81 bits per heavy atom. The van der Waals surface area contributed by atoms with Gasteiger partial charge in [0.15, 0.2) is 5.69 Å². The fourth-order valence-corrected chi connectivity index (χ4v) is 3.56. The highest BCUT2D eigenvalue weighted by molar-refractivity contribution is 6.02. The van der Waals surface area contributed by atoms with Gasteiger partial charge in [-0.25, -0.2) is 0 Å². The van der Waals surface area contributed by atoms with Gasteiger partial charge in [-0.15, -0.1) is 0 Å². The van der Waals surface area contributed by atoms with E-state index in [1.54, 1.807) is 0 Å². The van der Waals surface area contributed by atoms with Crippen molar-refractivity contribution in [2.45, 2.75) is 38.3 Å². The molecule has 0 spiro atoms. The zero-order valence-corrected chi connectivity index (χ0v) is 14.6. The van der Waals surface area contributed by atoms with Gasteiger partial charge in [-0.1, -0.05) is 12.1 Å². The second-order valence-corrected chi connectivity index (χ2v) is 6.93. The average Bonchev–Trinajstić information content (AvgIpc) is 3.38. The quantitative estimate of drug-likeness (QED) is 0.769. The van der Waals surface area contributed by atoms with Crippen LogP contribution in [0.25, 0.3) is 0 Å². The van der Waals surface area contributed by atoms with Crippen molar-refractivity contribution in [1.82, 2.24) is 20.4 Å². The molecule has 1 aromatic carbocycles. The van der Waals surface area contributed by atoms with E-state index < -0.39 is 0 Å². The molecule has 2 amide bonds. The van der Waals surface area contributed by atoms with E-state index in [9.17, 15) is 9.59 Å². The van der Waals surface area contributed by atoms with E-state index in [-0.39, 0.29) is 17.9 Å². The number of nitrogens with one attached hydrogen (secondary N) is 3. The van der Waals surface area contributed by atoms with Gasteiger partial charge in [0.05, 0.1) is 5.69 Å². The molecule has 0 aliphatic carbocycles. The number of anilines is 1. The second-order valence-electron chi connectivity index (χ2n) is 6.93. The van der Waals surface area contributed by atoms with Gasteiger partial charge in [-0.2, -0.15) is 5.10 Å². The number of hydrogen-bond donors (Lipinski definition) is 3. The molecular weight excluding hydrogens is 330 g/mol.